The summed E-state index contributed by atoms with van der Waals surface area (Å²) in [4.78, 5) is 21.6. The van der Waals surface area contributed by atoms with Crippen molar-refractivity contribution in [2.75, 3.05) is 26.4 Å². The third-order valence-corrected chi connectivity index (χ3v) is 5.88. The fourth-order valence-electron chi connectivity index (χ4n) is 3.94. The van der Waals surface area contributed by atoms with Crippen LogP contribution in [0.4, 0.5) is 9.59 Å². The maximum Gasteiger partial charge on any atom is 0.508 e. The number of rotatable bonds is 16. The summed E-state index contributed by atoms with van der Waals surface area (Å²) < 4.78 is 19.6. The van der Waals surface area contributed by atoms with E-state index in [2.05, 4.69) is 12.2 Å². The number of cyclic esters (lactones) is 4. The zero-order valence-corrected chi connectivity index (χ0v) is 18.5. The molecule has 0 spiro atoms. The smallest absolute Gasteiger partial charge is 0.434 e. The van der Waals surface area contributed by atoms with E-state index in [1.807, 2.05) is 0 Å². The zero-order valence-electron chi connectivity index (χ0n) is 18.5. The number of ether oxygens (including phenoxy) is 4. The van der Waals surface area contributed by atoms with Gasteiger partial charge in [-0.1, -0.05) is 63.5 Å². The third-order valence-electron chi connectivity index (χ3n) is 5.88. The van der Waals surface area contributed by atoms with Gasteiger partial charge in [-0.15, -0.1) is 0 Å². The highest BCUT2D eigenvalue weighted by Crippen LogP contribution is 2.18. The lowest BCUT2D eigenvalue weighted by Crippen LogP contribution is -2.27. The normalized spacial score (nSPS) is 18.1. The highest BCUT2D eigenvalue weighted by Gasteiger charge is 2.21. The summed E-state index contributed by atoms with van der Waals surface area (Å²) in [5.74, 6) is 0.775. The van der Waals surface area contributed by atoms with E-state index in [-0.39, 0.29) is 0 Å². The highest BCUT2D eigenvalue weighted by molar-refractivity contribution is 5.60. The van der Waals surface area contributed by atoms with E-state index in [4.69, 9.17) is 18.9 Å². The molecule has 0 N–H and O–H groups in total. The van der Waals surface area contributed by atoms with Crippen molar-refractivity contribution in [1.29, 1.82) is 0 Å². The van der Waals surface area contributed by atoms with E-state index in [0.29, 0.717) is 38.3 Å². The van der Waals surface area contributed by atoms with Crippen LogP contribution in [0.5, 0.6) is 0 Å². The molecule has 0 aromatic heterocycles. The predicted molar refractivity (Wildman–Crippen MR) is 115 cm³/mol. The maximum atomic E-state index is 10.8. The van der Waals surface area contributed by atoms with Crippen LogP contribution in [0, 0.1) is 11.8 Å². The largest absolute Gasteiger partial charge is 0.508 e. The fraction of sp³-hybridized carbons (Fsp3) is 0.833. The van der Waals surface area contributed by atoms with Crippen LogP contribution in [0.2, 0.25) is 0 Å². The molecule has 0 saturated carbocycles. The molecule has 0 aliphatic carbocycles. The van der Waals surface area contributed by atoms with Gasteiger partial charge >= 0.3 is 12.3 Å². The van der Waals surface area contributed by atoms with Gasteiger partial charge in [-0.2, -0.15) is 0 Å². The summed E-state index contributed by atoms with van der Waals surface area (Å²) in [5, 5.41) is 0. The molecule has 2 rings (SSSR count). The molecular formula is C24H40O6. The third kappa shape index (κ3) is 12.1. The zero-order chi connectivity index (χ0) is 21.3. The minimum Gasteiger partial charge on any atom is -0.434 e. The first-order chi connectivity index (χ1) is 14.7. The lowest BCUT2D eigenvalue weighted by Gasteiger charge is -2.21. The summed E-state index contributed by atoms with van der Waals surface area (Å²) in [7, 11) is 0. The molecule has 0 unspecified atom stereocenters. The van der Waals surface area contributed by atoms with Crippen LogP contribution in [0.3, 0.4) is 0 Å². The number of hydrogen-bond donors (Lipinski definition) is 0. The van der Waals surface area contributed by atoms with Crippen molar-refractivity contribution < 1.29 is 28.5 Å². The van der Waals surface area contributed by atoms with Crippen LogP contribution in [-0.2, 0) is 18.9 Å². The van der Waals surface area contributed by atoms with Crippen LogP contribution < -0.4 is 0 Å². The Bertz CT molecular complexity index is 440. The summed E-state index contributed by atoms with van der Waals surface area (Å²) >= 11 is 0. The van der Waals surface area contributed by atoms with Gasteiger partial charge in [-0.3, -0.25) is 0 Å². The van der Waals surface area contributed by atoms with Gasteiger partial charge in [0.1, 0.15) is 26.4 Å². The number of carbonyl (C=O) groups excluding carboxylic acids is 2. The van der Waals surface area contributed by atoms with Crippen LogP contribution in [0.15, 0.2) is 12.2 Å². The topological polar surface area (TPSA) is 71.1 Å². The Morgan fingerprint density at radius 2 is 0.867 bits per heavy atom. The number of carbonyl (C=O) groups is 2. The molecule has 30 heavy (non-hydrogen) atoms. The predicted octanol–water partition coefficient (Wildman–Crippen LogP) is 6.57. The first-order valence-corrected chi connectivity index (χ1v) is 12.0. The Kier molecular flexibility index (Phi) is 13.1. The van der Waals surface area contributed by atoms with Crippen molar-refractivity contribution in [2.24, 2.45) is 11.8 Å². The minimum absolute atomic E-state index is 0.388. The minimum atomic E-state index is -0.517. The van der Waals surface area contributed by atoms with Gasteiger partial charge in [0.2, 0.25) is 0 Å². The summed E-state index contributed by atoms with van der Waals surface area (Å²) in [5.41, 5.74) is 0. The first-order valence-electron chi connectivity index (χ1n) is 12.0. The Morgan fingerprint density at radius 3 is 1.27 bits per heavy atom. The highest BCUT2D eigenvalue weighted by atomic mass is 16.7. The summed E-state index contributed by atoms with van der Waals surface area (Å²) in [6, 6.07) is 0. The number of hydrogen-bond acceptors (Lipinski definition) is 6. The van der Waals surface area contributed by atoms with Crippen molar-refractivity contribution in [3.8, 4) is 0 Å². The van der Waals surface area contributed by atoms with E-state index in [1.54, 1.807) is 0 Å². The molecule has 2 aliphatic rings. The molecule has 0 atom stereocenters. The monoisotopic (exact) mass is 424 g/mol. The van der Waals surface area contributed by atoms with Gasteiger partial charge < -0.3 is 18.9 Å². The lowest BCUT2D eigenvalue weighted by molar-refractivity contribution is -0.0151. The van der Waals surface area contributed by atoms with Crippen LogP contribution in [0.1, 0.15) is 89.9 Å². The molecule has 0 bridgehead atoms. The average molecular weight is 425 g/mol. The second kappa shape index (κ2) is 16.0. The van der Waals surface area contributed by atoms with Crippen LogP contribution in [-0.4, -0.2) is 38.7 Å². The molecule has 2 heterocycles. The van der Waals surface area contributed by atoms with Crippen molar-refractivity contribution in [3.63, 3.8) is 0 Å². The molecule has 0 radical (unpaired) electrons. The lowest BCUT2D eigenvalue weighted by atomic mass is 10.0. The average Bonchev–Trinajstić information content (AvgIpc) is 2.76. The molecule has 2 fully saturated rings. The standard InChI is InChI=1S/C24H40O6/c25-23-27-17-21(18-28-23)15-13-11-9-7-5-3-1-2-4-6-8-10-12-14-16-22-19-29-24(26)30-20-22/h1-2,21-22H,3-20H2. The van der Waals surface area contributed by atoms with Gasteiger partial charge in [-0.25, -0.2) is 9.59 Å². The van der Waals surface area contributed by atoms with Gasteiger partial charge in [0, 0.05) is 11.8 Å². The van der Waals surface area contributed by atoms with Crippen LogP contribution in [0.25, 0.3) is 0 Å². The second-order valence-corrected chi connectivity index (χ2v) is 8.64. The number of allylic oxidation sites excluding steroid dienone is 2. The van der Waals surface area contributed by atoms with Gasteiger partial charge in [0.25, 0.3) is 0 Å². The SMILES string of the molecule is O=C1OCC(CCCCCCCC=CCCCCCCCC2COC(=O)OC2)CO1. The molecule has 2 aliphatic heterocycles. The Hall–Kier alpha value is -1.72. The molecule has 6 heteroatoms. The fourth-order valence-corrected chi connectivity index (χ4v) is 3.94. The van der Waals surface area contributed by atoms with E-state index >= 15 is 0 Å². The maximum absolute atomic E-state index is 10.8. The Balaban J connectivity index is 1.26. The van der Waals surface area contributed by atoms with Crippen molar-refractivity contribution in [3.05, 3.63) is 12.2 Å². The van der Waals surface area contributed by atoms with Gasteiger partial charge in [0.15, 0.2) is 0 Å². The Labute approximate surface area is 181 Å². The summed E-state index contributed by atoms with van der Waals surface area (Å²) in [6.45, 7) is 2.10. The summed E-state index contributed by atoms with van der Waals surface area (Å²) in [6.07, 6.45) is 20.9. The van der Waals surface area contributed by atoms with Crippen molar-refractivity contribution in [2.45, 2.75) is 89.9 Å². The molecule has 6 nitrogen and oxygen atoms in total. The van der Waals surface area contributed by atoms with Crippen LogP contribution >= 0.6 is 0 Å². The molecule has 0 amide bonds. The Morgan fingerprint density at radius 1 is 0.533 bits per heavy atom. The van der Waals surface area contributed by atoms with Crippen molar-refractivity contribution >= 4 is 12.3 Å². The number of unbranched alkanes of at least 4 members (excludes halogenated alkanes) is 10. The second-order valence-electron chi connectivity index (χ2n) is 8.64. The molecule has 0 aromatic carbocycles. The molecule has 172 valence electrons. The van der Waals surface area contributed by atoms with E-state index in [0.717, 1.165) is 12.8 Å². The molecule has 0 aromatic rings. The van der Waals surface area contributed by atoms with E-state index < -0.39 is 12.3 Å². The van der Waals surface area contributed by atoms with Gasteiger partial charge in [-0.05, 0) is 38.5 Å². The van der Waals surface area contributed by atoms with Crippen molar-refractivity contribution in [1.82, 2.24) is 0 Å². The van der Waals surface area contributed by atoms with E-state index in [1.165, 1.54) is 77.0 Å². The molecular weight excluding hydrogens is 384 g/mol. The molecule has 2 saturated heterocycles. The quantitative estimate of drug-likeness (QED) is 0.158. The first kappa shape index (κ1) is 24.5. The van der Waals surface area contributed by atoms with Gasteiger partial charge in [0.05, 0.1) is 0 Å². The van der Waals surface area contributed by atoms with E-state index in [9.17, 15) is 9.59 Å².